The zero-order valence-electron chi connectivity index (χ0n) is 22.9. The van der Waals surface area contributed by atoms with E-state index in [0.29, 0.717) is 46.4 Å². The number of pyridine rings is 1. The molecule has 1 aromatic heterocycles. The number of Topliss-reactive ketones (excluding diaryl/α,β-unsaturated/α-hetero) is 1. The molecule has 0 bridgehead atoms. The van der Waals surface area contributed by atoms with E-state index in [-0.39, 0.29) is 31.3 Å². The molecule has 2 aromatic carbocycles. The summed E-state index contributed by atoms with van der Waals surface area (Å²) < 4.78 is 17.3. The molecule has 3 heterocycles. The van der Waals surface area contributed by atoms with Gasteiger partial charge in [0.25, 0.3) is 0 Å². The van der Waals surface area contributed by atoms with E-state index >= 15 is 0 Å². The summed E-state index contributed by atoms with van der Waals surface area (Å²) in [5.41, 5.74) is 9.32. The van der Waals surface area contributed by atoms with Crippen LogP contribution in [0, 0.1) is 6.92 Å². The van der Waals surface area contributed by atoms with E-state index in [1.807, 2.05) is 38.1 Å². The molecule has 9 heteroatoms. The number of rotatable bonds is 8. The number of nitrogens with zero attached hydrogens (tertiary/aromatic N) is 1. The van der Waals surface area contributed by atoms with Gasteiger partial charge in [-0.2, -0.15) is 0 Å². The molecule has 0 spiro atoms. The molecule has 1 aliphatic carbocycles. The van der Waals surface area contributed by atoms with Crippen LogP contribution in [0.1, 0.15) is 72.3 Å². The zero-order chi connectivity index (χ0) is 28.2. The van der Waals surface area contributed by atoms with Crippen molar-refractivity contribution in [3.05, 3.63) is 70.4 Å². The van der Waals surface area contributed by atoms with E-state index < -0.39 is 17.2 Å². The number of nitrogens with one attached hydrogen (secondary N) is 1. The summed E-state index contributed by atoms with van der Waals surface area (Å²) in [5.74, 6) is 1.22. The van der Waals surface area contributed by atoms with Crippen LogP contribution in [0.15, 0.2) is 42.5 Å². The van der Waals surface area contributed by atoms with Gasteiger partial charge in [0.2, 0.25) is 0 Å². The minimum absolute atomic E-state index is 0.0644. The minimum atomic E-state index is -1.42. The highest BCUT2D eigenvalue weighted by Gasteiger charge is 2.38. The van der Waals surface area contributed by atoms with Crippen molar-refractivity contribution in [1.82, 2.24) is 10.3 Å². The van der Waals surface area contributed by atoms with Crippen LogP contribution in [0.4, 0.5) is 4.79 Å². The van der Waals surface area contributed by atoms with Crippen LogP contribution < -0.4 is 25.3 Å². The Morgan fingerprint density at radius 1 is 1.23 bits per heavy atom. The summed E-state index contributed by atoms with van der Waals surface area (Å²) >= 11 is 0. The summed E-state index contributed by atoms with van der Waals surface area (Å²) in [6.45, 7) is 6.12. The summed E-state index contributed by atoms with van der Waals surface area (Å²) in [6, 6.07) is 13.1. The number of aryl methyl sites for hydroxylation is 1. The van der Waals surface area contributed by atoms with Gasteiger partial charge in [0.1, 0.15) is 17.9 Å². The monoisotopic (exact) mass is 543 g/mol. The highest BCUT2D eigenvalue weighted by atomic mass is 16.6. The number of aliphatic hydroxyl groups is 1. The largest absolute Gasteiger partial charge is 0.489 e. The first-order valence-electron chi connectivity index (χ1n) is 13.6. The average Bonchev–Trinajstić information content (AvgIpc) is 3.69. The van der Waals surface area contributed by atoms with Crippen LogP contribution in [0.25, 0.3) is 11.3 Å². The molecule has 0 radical (unpaired) electrons. The van der Waals surface area contributed by atoms with Crippen LogP contribution in [-0.2, 0) is 17.7 Å². The Hall–Kier alpha value is -3.95. The number of aromatic nitrogens is 1. The van der Waals surface area contributed by atoms with Crippen molar-refractivity contribution in [3.63, 3.8) is 0 Å². The highest BCUT2D eigenvalue weighted by Crippen LogP contribution is 2.44. The maximum absolute atomic E-state index is 13.4. The van der Waals surface area contributed by atoms with E-state index in [9.17, 15) is 14.7 Å². The normalized spacial score (nSPS) is 20.9. The van der Waals surface area contributed by atoms with Crippen molar-refractivity contribution in [3.8, 4) is 28.5 Å². The Morgan fingerprint density at radius 3 is 2.70 bits per heavy atom. The molecule has 3 aliphatic rings. The number of amides is 1. The topological polar surface area (TPSA) is 133 Å². The molecule has 1 fully saturated rings. The van der Waals surface area contributed by atoms with Crippen molar-refractivity contribution < 1.29 is 28.9 Å². The second kappa shape index (κ2) is 9.60. The number of fused-ring (bicyclic) bond motifs is 2. The van der Waals surface area contributed by atoms with Crippen LogP contribution in [0.2, 0.25) is 0 Å². The lowest BCUT2D eigenvalue weighted by Crippen LogP contribution is -2.35. The van der Waals surface area contributed by atoms with E-state index in [0.717, 1.165) is 29.5 Å². The maximum atomic E-state index is 13.4. The van der Waals surface area contributed by atoms with Gasteiger partial charge in [0.05, 0.1) is 17.3 Å². The number of ether oxygens (including phenoxy) is 3. The van der Waals surface area contributed by atoms with Gasteiger partial charge in [-0.15, -0.1) is 0 Å². The van der Waals surface area contributed by atoms with Crippen molar-refractivity contribution >= 4 is 11.9 Å². The third-order valence-electron chi connectivity index (χ3n) is 7.71. The fraction of sp³-hybridized carbons (Fsp3) is 0.387. The van der Waals surface area contributed by atoms with Crippen LogP contribution in [0.5, 0.6) is 17.2 Å². The number of benzene rings is 2. The Kier molecular flexibility index (Phi) is 6.31. The van der Waals surface area contributed by atoms with Gasteiger partial charge >= 0.3 is 6.09 Å². The van der Waals surface area contributed by atoms with Gasteiger partial charge in [-0.05, 0) is 58.2 Å². The summed E-state index contributed by atoms with van der Waals surface area (Å²) in [6.07, 6.45) is 1.57. The first-order valence-corrected chi connectivity index (χ1v) is 13.6. The van der Waals surface area contributed by atoms with Crippen molar-refractivity contribution in [2.45, 2.75) is 70.2 Å². The van der Waals surface area contributed by atoms with Gasteiger partial charge in [-0.25, -0.2) is 9.78 Å². The molecular weight excluding hydrogens is 510 g/mol. The maximum Gasteiger partial charge on any atom is 0.413 e. The number of nitrogens with two attached hydrogens (primary N) is 1. The molecule has 2 unspecified atom stereocenters. The predicted molar refractivity (Wildman–Crippen MR) is 148 cm³/mol. The quantitative estimate of drug-likeness (QED) is 0.350. The highest BCUT2D eigenvalue weighted by molar-refractivity contribution is 5.97. The standard InChI is InChI=1S/C31H33N3O6/c1-17-4-6-18(7-5-17)26-28-22(30(2,32)16-38-28)14-25(34-26)31(3,37)11-10-23(35)19-12-20-15-33-29(36)40-27(20)24(13-19)39-21-8-9-21/h4-7,12-14,21,37H,8-11,15-16,32H2,1-3H3,(H,33,36). The summed E-state index contributed by atoms with van der Waals surface area (Å²) in [4.78, 5) is 30.0. The number of carbonyl (C=O) groups excluding carboxylic acids is 2. The summed E-state index contributed by atoms with van der Waals surface area (Å²) in [5, 5.41) is 14.2. The molecular formula is C31H33N3O6. The van der Waals surface area contributed by atoms with Gasteiger partial charge < -0.3 is 30.4 Å². The molecule has 3 aromatic rings. The molecule has 40 heavy (non-hydrogen) atoms. The average molecular weight is 544 g/mol. The Labute approximate surface area is 232 Å². The lowest BCUT2D eigenvalue weighted by Gasteiger charge is -2.26. The van der Waals surface area contributed by atoms with Gasteiger partial charge in [-0.3, -0.25) is 4.79 Å². The molecule has 0 saturated heterocycles. The summed E-state index contributed by atoms with van der Waals surface area (Å²) in [7, 11) is 0. The third-order valence-corrected chi connectivity index (χ3v) is 7.71. The smallest absolute Gasteiger partial charge is 0.413 e. The lowest BCUT2D eigenvalue weighted by atomic mass is 9.87. The molecule has 1 saturated carbocycles. The number of carbonyl (C=O) groups is 2. The molecule has 6 rings (SSSR count). The Balaban J connectivity index is 1.28. The lowest BCUT2D eigenvalue weighted by molar-refractivity contribution is 0.0396. The van der Waals surface area contributed by atoms with E-state index in [1.54, 1.807) is 25.1 Å². The minimum Gasteiger partial charge on any atom is -0.489 e. The van der Waals surface area contributed by atoms with E-state index in [4.69, 9.17) is 24.9 Å². The number of hydrogen-bond donors (Lipinski definition) is 3. The van der Waals surface area contributed by atoms with Crippen molar-refractivity contribution in [2.24, 2.45) is 5.73 Å². The van der Waals surface area contributed by atoms with E-state index in [1.165, 1.54) is 0 Å². The zero-order valence-corrected chi connectivity index (χ0v) is 22.9. The molecule has 208 valence electrons. The van der Waals surface area contributed by atoms with Crippen molar-refractivity contribution in [2.75, 3.05) is 6.61 Å². The molecule has 4 N–H and O–H groups in total. The van der Waals surface area contributed by atoms with Gasteiger partial charge in [0.15, 0.2) is 23.0 Å². The van der Waals surface area contributed by atoms with E-state index in [2.05, 4.69) is 5.32 Å². The Bertz CT molecular complexity index is 1510. The Morgan fingerprint density at radius 2 is 1.98 bits per heavy atom. The fourth-order valence-electron chi connectivity index (χ4n) is 5.03. The first-order chi connectivity index (χ1) is 19.0. The predicted octanol–water partition coefficient (Wildman–Crippen LogP) is 4.64. The third kappa shape index (κ3) is 5.02. The van der Waals surface area contributed by atoms with Crippen molar-refractivity contribution in [1.29, 1.82) is 0 Å². The van der Waals surface area contributed by atoms with Gasteiger partial charge in [-0.1, -0.05) is 29.8 Å². The number of hydrogen-bond acceptors (Lipinski definition) is 8. The second-order valence-electron chi connectivity index (χ2n) is 11.5. The SMILES string of the molecule is Cc1ccc(-c2nc(C(C)(O)CCC(=O)c3cc4c(c(OC5CC5)c3)OC(=O)NC4)cc3c2OCC3(C)N)cc1. The first kappa shape index (κ1) is 26.3. The molecule has 9 nitrogen and oxygen atoms in total. The molecule has 2 atom stereocenters. The van der Waals surface area contributed by atoms with Gasteiger partial charge in [0, 0.05) is 35.2 Å². The molecule has 1 amide bonds. The number of ketones is 1. The fourth-order valence-corrected chi connectivity index (χ4v) is 5.03. The van der Waals surface area contributed by atoms with Crippen LogP contribution in [0.3, 0.4) is 0 Å². The van der Waals surface area contributed by atoms with Crippen LogP contribution >= 0.6 is 0 Å². The van der Waals surface area contributed by atoms with Crippen LogP contribution in [-0.4, -0.2) is 34.7 Å². The second-order valence-corrected chi connectivity index (χ2v) is 11.5. The molecule has 2 aliphatic heterocycles.